The first-order valence-electron chi connectivity index (χ1n) is 26.8. The predicted molar refractivity (Wildman–Crippen MR) is 329 cm³/mol. The third-order valence-corrected chi connectivity index (χ3v) is 15.1. The summed E-state index contributed by atoms with van der Waals surface area (Å²) in [5, 5.41) is 2.37. The average molecular weight is 1010 g/mol. The standard InChI is InChI=1S/C75H50N4/c1-5-14-51(15-6-1)55-24-30-59(31-25-55)64-22-13-23-67(48-64)75-77-73(62-38-36-58(37-39-62)54-20-11-4-12-21-54)76-74(78-75)63-40-44-68(45-41-63)79-71-46-42-65(60-32-26-56(27-33-60)52-16-7-2-8-17-52)49-69(71)70-50-66(43-47-72(70)79)61-34-28-57(29-35-61)53-18-9-3-10-19-53/h1-50H. The topological polar surface area (TPSA) is 43.6 Å². The number of hydrogen-bond donors (Lipinski definition) is 0. The van der Waals surface area contributed by atoms with Gasteiger partial charge in [0.1, 0.15) is 0 Å². The summed E-state index contributed by atoms with van der Waals surface area (Å²) in [6.45, 7) is 0. The molecule has 0 bridgehead atoms. The van der Waals surface area contributed by atoms with Gasteiger partial charge < -0.3 is 4.57 Å². The SMILES string of the molecule is c1ccc(-c2ccc(-c3cccc(-c4nc(-c5ccc(-c6ccccc6)cc5)nc(-c5ccc(-n6c7ccc(-c8ccc(-c9ccccc9)cc8)cc7c7cc(-c8ccc(-c9ccccc9)cc8)ccc76)cc5)n4)c3)cc2)cc1. The molecule has 14 aromatic rings. The van der Waals surface area contributed by atoms with Crippen molar-refractivity contribution in [2.45, 2.75) is 0 Å². The van der Waals surface area contributed by atoms with Gasteiger partial charge >= 0.3 is 0 Å². The Kier molecular flexibility index (Phi) is 12.2. The third kappa shape index (κ3) is 9.39. The van der Waals surface area contributed by atoms with Crippen LogP contribution in [-0.2, 0) is 0 Å². The molecule has 2 heterocycles. The van der Waals surface area contributed by atoms with Crippen molar-refractivity contribution in [2.24, 2.45) is 0 Å². The van der Waals surface area contributed by atoms with Crippen molar-refractivity contribution in [1.29, 1.82) is 0 Å². The maximum Gasteiger partial charge on any atom is 0.164 e. The molecule has 370 valence electrons. The van der Waals surface area contributed by atoms with Gasteiger partial charge in [-0.1, -0.05) is 249 Å². The number of benzene rings is 12. The van der Waals surface area contributed by atoms with Crippen LogP contribution in [0.3, 0.4) is 0 Å². The lowest BCUT2D eigenvalue weighted by Gasteiger charge is -2.12. The number of hydrogen-bond acceptors (Lipinski definition) is 3. The number of rotatable bonds is 11. The van der Waals surface area contributed by atoms with Crippen LogP contribution in [0, 0.1) is 0 Å². The van der Waals surface area contributed by atoms with Gasteiger partial charge in [-0.25, -0.2) is 15.0 Å². The number of nitrogens with zero attached hydrogens (tertiary/aromatic N) is 4. The van der Waals surface area contributed by atoms with Crippen molar-refractivity contribution >= 4 is 21.8 Å². The van der Waals surface area contributed by atoms with Crippen molar-refractivity contribution in [3.63, 3.8) is 0 Å². The Morgan fingerprint density at radius 2 is 0.418 bits per heavy atom. The highest BCUT2D eigenvalue weighted by atomic mass is 15.0. The summed E-state index contributed by atoms with van der Waals surface area (Å²) >= 11 is 0. The molecule has 2 aromatic heterocycles. The van der Waals surface area contributed by atoms with Crippen molar-refractivity contribution in [3.05, 3.63) is 303 Å². The van der Waals surface area contributed by atoms with Crippen molar-refractivity contribution in [3.8, 4) is 118 Å². The molecule has 0 aliphatic rings. The quantitative estimate of drug-likeness (QED) is 0.130. The lowest BCUT2D eigenvalue weighted by atomic mass is 9.97. The first-order valence-corrected chi connectivity index (χ1v) is 26.8. The Labute approximate surface area is 460 Å². The monoisotopic (exact) mass is 1010 g/mol. The molecule has 0 saturated heterocycles. The summed E-state index contributed by atoms with van der Waals surface area (Å²) in [6, 6.07) is 108. The summed E-state index contributed by atoms with van der Waals surface area (Å²) in [6.07, 6.45) is 0. The molecule has 79 heavy (non-hydrogen) atoms. The lowest BCUT2D eigenvalue weighted by Crippen LogP contribution is -2.01. The first-order chi connectivity index (χ1) is 39.1. The Balaban J connectivity index is 0.853. The van der Waals surface area contributed by atoms with E-state index in [1.165, 1.54) is 66.4 Å². The van der Waals surface area contributed by atoms with Gasteiger partial charge in [0, 0.05) is 33.2 Å². The molecule has 0 atom stereocenters. The normalized spacial score (nSPS) is 11.3. The van der Waals surface area contributed by atoms with Gasteiger partial charge in [-0.3, -0.25) is 0 Å². The van der Waals surface area contributed by atoms with Gasteiger partial charge in [0.15, 0.2) is 17.5 Å². The molecule has 4 nitrogen and oxygen atoms in total. The smallest absolute Gasteiger partial charge is 0.164 e. The van der Waals surface area contributed by atoms with E-state index in [9.17, 15) is 0 Å². The van der Waals surface area contributed by atoms with Crippen LogP contribution in [0.15, 0.2) is 303 Å². The van der Waals surface area contributed by atoms with E-state index in [0.717, 1.165) is 55.7 Å². The zero-order valence-electron chi connectivity index (χ0n) is 43.2. The molecule has 0 saturated carbocycles. The zero-order chi connectivity index (χ0) is 52.5. The van der Waals surface area contributed by atoms with E-state index in [4.69, 9.17) is 15.0 Å². The highest BCUT2D eigenvalue weighted by molar-refractivity contribution is 6.11. The summed E-state index contributed by atoms with van der Waals surface area (Å²) < 4.78 is 2.38. The van der Waals surface area contributed by atoms with Crippen LogP contribution in [0.2, 0.25) is 0 Å². The van der Waals surface area contributed by atoms with Crippen LogP contribution < -0.4 is 0 Å². The van der Waals surface area contributed by atoms with E-state index in [1.807, 2.05) is 12.1 Å². The van der Waals surface area contributed by atoms with Crippen molar-refractivity contribution in [1.82, 2.24) is 19.5 Å². The maximum absolute atomic E-state index is 5.24. The third-order valence-electron chi connectivity index (χ3n) is 15.1. The van der Waals surface area contributed by atoms with E-state index in [2.05, 4.69) is 296 Å². The van der Waals surface area contributed by atoms with Crippen molar-refractivity contribution < 1.29 is 0 Å². The Bertz CT molecular complexity index is 4300. The van der Waals surface area contributed by atoms with Gasteiger partial charge in [0.05, 0.1) is 11.0 Å². The minimum atomic E-state index is 0.601. The van der Waals surface area contributed by atoms with Crippen LogP contribution in [-0.4, -0.2) is 19.5 Å². The van der Waals surface area contributed by atoms with Gasteiger partial charge in [-0.05, 0) is 132 Å². The molecule has 0 spiro atoms. The highest BCUT2D eigenvalue weighted by Gasteiger charge is 2.18. The number of aromatic nitrogens is 4. The summed E-state index contributed by atoms with van der Waals surface area (Å²) in [4.78, 5) is 15.6. The zero-order valence-corrected chi connectivity index (χ0v) is 43.2. The fourth-order valence-electron chi connectivity index (χ4n) is 10.9. The molecule has 0 N–H and O–H groups in total. The Morgan fingerprint density at radius 1 is 0.177 bits per heavy atom. The molecule has 0 aliphatic carbocycles. The largest absolute Gasteiger partial charge is 0.309 e. The predicted octanol–water partition coefficient (Wildman–Crippen LogP) is 19.6. The van der Waals surface area contributed by atoms with Gasteiger partial charge in [0.25, 0.3) is 0 Å². The van der Waals surface area contributed by atoms with E-state index >= 15 is 0 Å². The van der Waals surface area contributed by atoms with Crippen LogP contribution in [0.1, 0.15) is 0 Å². The molecule has 0 radical (unpaired) electrons. The molecule has 0 aliphatic heterocycles. The molecule has 0 unspecified atom stereocenters. The van der Waals surface area contributed by atoms with Crippen LogP contribution in [0.5, 0.6) is 0 Å². The minimum Gasteiger partial charge on any atom is -0.309 e. The molecular formula is C75H50N4. The second kappa shape index (κ2) is 20.5. The van der Waals surface area contributed by atoms with E-state index in [0.29, 0.717) is 17.5 Å². The van der Waals surface area contributed by atoms with E-state index < -0.39 is 0 Å². The van der Waals surface area contributed by atoms with Crippen LogP contribution >= 0.6 is 0 Å². The second-order valence-corrected chi connectivity index (χ2v) is 20.0. The first kappa shape index (κ1) is 46.9. The van der Waals surface area contributed by atoms with Crippen LogP contribution in [0.25, 0.3) is 140 Å². The average Bonchev–Trinajstić information content (AvgIpc) is 3.98. The number of fused-ring (bicyclic) bond motifs is 3. The summed E-state index contributed by atoms with van der Waals surface area (Å²) in [5.41, 5.74) is 22.4. The summed E-state index contributed by atoms with van der Waals surface area (Å²) in [7, 11) is 0. The fourth-order valence-corrected chi connectivity index (χ4v) is 10.9. The molecule has 12 aromatic carbocycles. The second-order valence-electron chi connectivity index (χ2n) is 20.0. The van der Waals surface area contributed by atoms with Crippen molar-refractivity contribution in [2.75, 3.05) is 0 Å². The molecule has 0 fully saturated rings. The van der Waals surface area contributed by atoms with Crippen LogP contribution in [0.4, 0.5) is 0 Å². The molecule has 14 rings (SSSR count). The molecule has 0 amide bonds. The minimum absolute atomic E-state index is 0.601. The fraction of sp³-hybridized carbons (Fsp3) is 0. The maximum atomic E-state index is 5.24. The van der Waals surface area contributed by atoms with E-state index in [-0.39, 0.29) is 0 Å². The van der Waals surface area contributed by atoms with Gasteiger partial charge in [0.2, 0.25) is 0 Å². The molecule has 4 heteroatoms. The Hall–Kier alpha value is -10.6. The molecular weight excluding hydrogens is 957 g/mol. The van der Waals surface area contributed by atoms with Gasteiger partial charge in [-0.15, -0.1) is 0 Å². The Morgan fingerprint density at radius 3 is 0.772 bits per heavy atom. The van der Waals surface area contributed by atoms with Gasteiger partial charge in [-0.2, -0.15) is 0 Å². The lowest BCUT2D eigenvalue weighted by molar-refractivity contribution is 1.07. The highest BCUT2D eigenvalue weighted by Crippen LogP contribution is 2.39. The summed E-state index contributed by atoms with van der Waals surface area (Å²) in [5.74, 6) is 1.82. The van der Waals surface area contributed by atoms with E-state index in [1.54, 1.807) is 0 Å².